The van der Waals surface area contributed by atoms with Crippen molar-refractivity contribution in [2.24, 2.45) is 0 Å². The summed E-state index contributed by atoms with van der Waals surface area (Å²) in [6.45, 7) is 4.76. The number of benzene rings is 1. The van der Waals surface area contributed by atoms with Crippen molar-refractivity contribution in [1.29, 1.82) is 0 Å². The lowest BCUT2D eigenvalue weighted by molar-refractivity contribution is -0.384. The largest absolute Gasteiger partial charge is 0.352 e. The molecular formula is C25H29N5O3S. The summed E-state index contributed by atoms with van der Waals surface area (Å²) in [7, 11) is 0. The maximum atomic E-state index is 13.0. The number of non-ortho nitro benzene ring substituents is 1. The van der Waals surface area contributed by atoms with Gasteiger partial charge < -0.3 is 9.80 Å². The fourth-order valence-electron chi connectivity index (χ4n) is 4.95. The van der Waals surface area contributed by atoms with Gasteiger partial charge in [-0.3, -0.25) is 14.9 Å². The van der Waals surface area contributed by atoms with Gasteiger partial charge >= 0.3 is 0 Å². The Balaban J connectivity index is 1.39. The predicted molar refractivity (Wildman–Crippen MR) is 134 cm³/mol. The molecule has 5 rings (SSSR count). The number of piperazine rings is 1. The summed E-state index contributed by atoms with van der Waals surface area (Å²) < 4.78 is 0. The van der Waals surface area contributed by atoms with Crippen molar-refractivity contribution in [3.63, 3.8) is 0 Å². The lowest BCUT2D eigenvalue weighted by Crippen LogP contribution is -2.49. The van der Waals surface area contributed by atoms with Crippen LogP contribution >= 0.6 is 11.3 Å². The standard InChI is InChI=1S/C25H29N5O3S/c1-2-6-21-26-23(22-19-7-4-3-5-8-20(19)34-24(22)27-21)28-13-15-29(16-14-28)25(31)17-9-11-18(12-10-17)30(32)33/h9-12H,2-8,13-16H2,1H3. The summed E-state index contributed by atoms with van der Waals surface area (Å²) in [5.41, 5.74) is 1.92. The molecule has 0 radical (unpaired) electrons. The number of thiophene rings is 1. The summed E-state index contributed by atoms with van der Waals surface area (Å²) in [6.07, 6.45) is 7.84. The lowest BCUT2D eigenvalue weighted by Gasteiger charge is -2.36. The van der Waals surface area contributed by atoms with Crippen molar-refractivity contribution < 1.29 is 9.72 Å². The van der Waals surface area contributed by atoms with E-state index in [1.54, 1.807) is 12.1 Å². The number of amides is 1. The second kappa shape index (κ2) is 9.66. The molecule has 8 nitrogen and oxygen atoms in total. The van der Waals surface area contributed by atoms with Gasteiger partial charge in [-0.05, 0) is 49.8 Å². The van der Waals surface area contributed by atoms with E-state index < -0.39 is 4.92 Å². The number of rotatable bonds is 5. The van der Waals surface area contributed by atoms with Gasteiger partial charge in [-0.25, -0.2) is 9.97 Å². The Labute approximate surface area is 202 Å². The van der Waals surface area contributed by atoms with E-state index in [1.807, 2.05) is 16.2 Å². The highest BCUT2D eigenvalue weighted by atomic mass is 32.1. The van der Waals surface area contributed by atoms with Crippen LogP contribution in [0.1, 0.15) is 59.2 Å². The molecule has 178 valence electrons. The van der Waals surface area contributed by atoms with Crippen LogP contribution in [0.2, 0.25) is 0 Å². The summed E-state index contributed by atoms with van der Waals surface area (Å²) in [4.78, 5) is 40.1. The molecule has 2 aliphatic rings. The molecular weight excluding hydrogens is 450 g/mol. The van der Waals surface area contributed by atoms with E-state index in [2.05, 4.69) is 11.8 Å². The van der Waals surface area contributed by atoms with E-state index in [0.29, 0.717) is 31.7 Å². The first-order valence-corrected chi connectivity index (χ1v) is 13.0. The molecule has 1 amide bonds. The zero-order valence-corrected chi connectivity index (χ0v) is 20.3. The second-order valence-electron chi connectivity index (χ2n) is 9.04. The van der Waals surface area contributed by atoms with E-state index in [4.69, 9.17) is 9.97 Å². The van der Waals surface area contributed by atoms with Gasteiger partial charge in [-0.15, -0.1) is 11.3 Å². The summed E-state index contributed by atoms with van der Waals surface area (Å²) in [6, 6.07) is 5.86. The molecule has 1 saturated heterocycles. The molecule has 0 atom stereocenters. The molecule has 1 aliphatic heterocycles. The second-order valence-corrected chi connectivity index (χ2v) is 10.1. The Bertz CT molecular complexity index is 1220. The van der Waals surface area contributed by atoms with Crippen molar-refractivity contribution >= 4 is 39.0 Å². The molecule has 0 saturated carbocycles. The minimum Gasteiger partial charge on any atom is -0.352 e. The molecule has 0 N–H and O–H groups in total. The van der Waals surface area contributed by atoms with Gasteiger partial charge in [0.25, 0.3) is 11.6 Å². The van der Waals surface area contributed by atoms with Crippen LogP contribution < -0.4 is 4.90 Å². The molecule has 1 aromatic carbocycles. The number of hydrogen-bond acceptors (Lipinski definition) is 7. The zero-order valence-electron chi connectivity index (χ0n) is 19.5. The number of nitrogens with zero attached hydrogens (tertiary/aromatic N) is 5. The Hall–Kier alpha value is -3.07. The summed E-state index contributed by atoms with van der Waals surface area (Å²) in [5, 5.41) is 12.1. The van der Waals surface area contributed by atoms with Gasteiger partial charge in [0.15, 0.2) is 0 Å². The zero-order chi connectivity index (χ0) is 23.7. The van der Waals surface area contributed by atoms with Crippen LogP contribution in [0.3, 0.4) is 0 Å². The average Bonchev–Trinajstić information content (AvgIpc) is 3.04. The van der Waals surface area contributed by atoms with Gasteiger partial charge in [0.05, 0.1) is 10.3 Å². The monoisotopic (exact) mass is 479 g/mol. The topological polar surface area (TPSA) is 92.5 Å². The lowest BCUT2D eigenvalue weighted by atomic mass is 10.1. The highest BCUT2D eigenvalue weighted by Gasteiger charge is 2.27. The van der Waals surface area contributed by atoms with Crippen molar-refractivity contribution in [1.82, 2.24) is 14.9 Å². The molecule has 0 unspecified atom stereocenters. The number of aromatic nitrogens is 2. The number of fused-ring (bicyclic) bond motifs is 3. The number of aryl methyl sites for hydroxylation is 3. The minimum atomic E-state index is -0.451. The van der Waals surface area contributed by atoms with Gasteiger partial charge in [0.2, 0.25) is 0 Å². The van der Waals surface area contributed by atoms with Crippen LogP contribution in [0.5, 0.6) is 0 Å². The Kier molecular flexibility index (Phi) is 6.45. The van der Waals surface area contributed by atoms with Gasteiger partial charge in [-0.2, -0.15) is 0 Å². The van der Waals surface area contributed by atoms with E-state index in [0.717, 1.165) is 42.2 Å². The number of anilines is 1. The number of hydrogen-bond donors (Lipinski definition) is 0. The number of nitro benzene ring substituents is 1. The third-order valence-corrected chi connectivity index (χ3v) is 7.94. The Morgan fingerprint density at radius 3 is 2.50 bits per heavy atom. The molecule has 1 aliphatic carbocycles. The fourth-order valence-corrected chi connectivity index (χ4v) is 6.23. The number of nitro groups is 1. The third kappa shape index (κ3) is 4.36. The molecule has 9 heteroatoms. The SMILES string of the molecule is CCCc1nc(N2CCN(C(=O)c3ccc([N+](=O)[O-])cc3)CC2)c2c3c(sc2n1)CCCCC3. The number of carbonyl (C=O) groups is 1. The maximum absolute atomic E-state index is 13.0. The molecule has 2 aromatic heterocycles. The van der Waals surface area contributed by atoms with Crippen LogP contribution in [0.15, 0.2) is 24.3 Å². The van der Waals surface area contributed by atoms with Crippen LogP contribution in [-0.4, -0.2) is 51.9 Å². The van der Waals surface area contributed by atoms with Crippen molar-refractivity contribution in [3.05, 3.63) is 56.2 Å². The van der Waals surface area contributed by atoms with Gasteiger partial charge in [-0.1, -0.05) is 13.3 Å². The summed E-state index contributed by atoms with van der Waals surface area (Å²) in [5.74, 6) is 1.86. The maximum Gasteiger partial charge on any atom is 0.269 e. The molecule has 0 bridgehead atoms. The van der Waals surface area contributed by atoms with Crippen LogP contribution in [-0.2, 0) is 19.3 Å². The van der Waals surface area contributed by atoms with Crippen molar-refractivity contribution in [2.75, 3.05) is 31.1 Å². The van der Waals surface area contributed by atoms with E-state index >= 15 is 0 Å². The molecule has 0 spiro atoms. The average molecular weight is 480 g/mol. The number of carbonyl (C=O) groups excluding carboxylic acids is 1. The minimum absolute atomic E-state index is 0.00748. The van der Waals surface area contributed by atoms with E-state index in [-0.39, 0.29) is 11.6 Å². The first kappa shape index (κ1) is 22.7. The van der Waals surface area contributed by atoms with Crippen molar-refractivity contribution in [3.8, 4) is 0 Å². The summed E-state index contributed by atoms with van der Waals surface area (Å²) >= 11 is 1.85. The molecule has 1 fully saturated rings. The molecule has 3 aromatic rings. The van der Waals surface area contributed by atoms with Crippen LogP contribution in [0.4, 0.5) is 11.5 Å². The van der Waals surface area contributed by atoms with E-state index in [1.165, 1.54) is 47.2 Å². The molecule has 3 heterocycles. The first-order valence-electron chi connectivity index (χ1n) is 12.1. The highest BCUT2D eigenvalue weighted by molar-refractivity contribution is 7.19. The van der Waals surface area contributed by atoms with Crippen LogP contribution in [0.25, 0.3) is 10.2 Å². The van der Waals surface area contributed by atoms with Gasteiger partial charge in [0, 0.05) is 55.2 Å². The quantitative estimate of drug-likeness (QED) is 0.297. The normalized spacial score (nSPS) is 16.4. The fraction of sp³-hybridized carbons (Fsp3) is 0.480. The first-order chi connectivity index (χ1) is 16.5. The third-order valence-electron chi connectivity index (χ3n) is 6.76. The smallest absolute Gasteiger partial charge is 0.269 e. The van der Waals surface area contributed by atoms with Crippen molar-refractivity contribution in [2.45, 2.75) is 51.9 Å². The van der Waals surface area contributed by atoms with E-state index in [9.17, 15) is 14.9 Å². The van der Waals surface area contributed by atoms with Crippen LogP contribution in [0, 0.1) is 10.1 Å². The molecule has 34 heavy (non-hydrogen) atoms. The Morgan fingerprint density at radius 2 is 1.79 bits per heavy atom. The predicted octanol–water partition coefficient (Wildman–Crippen LogP) is 4.78. The Morgan fingerprint density at radius 1 is 1.06 bits per heavy atom. The van der Waals surface area contributed by atoms with Gasteiger partial charge in [0.1, 0.15) is 16.5 Å². The highest BCUT2D eigenvalue weighted by Crippen LogP contribution is 2.39.